The second-order valence-electron chi connectivity index (χ2n) is 6.28. The number of aliphatic hydroxyl groups excluding tert-OH is 1. The summed E-state index contributed by atoms with van der Waals surface area (Å²) < 4.78 is 4.71. The number of nitrogens with zero attached hydrogens (tertiary/aromatic N) is 2. The summed E-state index contributed by atoms with van der Waals surface area (Å²) in [5.74, 6) is 0.455. The zero-order chi connectivity index (χ0) is 15.1. The molecule has 0 aromatic carbocycles. The summed E-state index contributed by atoms with van der Waals surface area (Å²) in [4.78, 5) is 15.7. The third kappa shape index (κ3) is 6.20. The third-order valence-corrected chi connectivity index (χ3v) is 4.06. The number of ether oxygens (including phenoxy) is 1. The van der Waals surface area contributed by atoms with E-state index in [1.54, 1.807) is 0 Å². The van der Waals surface area contributed by atoms with Gasteiger partial charge in [-0.05, 0) is 38.9 Å². The first kappa shape index (κ1) is 17.4. The molecule has 0 saturated carbocycles. The van der Waals surface area contributed by atoms with Gasteiger partial charge in [-0.1, -0.05) is 13.8 Å². The van der Waals surface area contributed by atoms with Crippen molar-refractivity contribution in [1.29, 1.82) is 0 Å². The standard InChI is InChI=1S/C15H30N2O3/c1-12-5-7-17(8-6-12)11-14(18)10-16(3)9-13(2)15(19)20-4/h12-14,18H,5-11H2,1-4H3. The minimum Gasteiger partial charge on any atom is -0.469 e. The number of methoxy groups -OCH3 is 1. The van der Waals surface area contributed by atoms with Crippen LogP contribution in [0.25, 0.3) is 0 Å². The second kappa shape index (κ2) is 8.60. The normalized spacial score (nSPS) is 20.9. The molecule has 2 unspecified atom stereocenters. The summed E-state index contributed by atoms with van der Waals surface area (Å²) in [6.45, 7) is 8.23. The number of hydrogen-bond acceptors (Lipinski definition) is 5. The molecule has 0 spiro atoms. The van der Waals surface area contributed by atoms with Gasteiger partial charge in [0.15, 0.2) is 0 Å². The Morgan fingerprint density at radius 3 is 2.55 bits per heavy atom. The number of rotatable bonds is 7. The van der Waals surface area contributed by atoms with Gasteiger partial charge in [-0.25, -0.2) is 0 Å². The van der Waals surface area contributed by atoms with E-state index in [0.29, 0.717) is 13.1 Å². The Hall–Kier alpha value is -0.650. The maximum Gasteiger partial charge on any atom is 0.309 e. The maximum atomic E-state index is 11.4. The Morgan fingerprint density at radius 1 is 1.40 bits per heavy atom. The molecule has 1 saturated heterocycles. The van der Waals surface area contributed by atoms with Crippen molar-refractivity contribution in [2.24, 2.45) is 11.8 Å². The molecule has 1 heterocycles. The van der Waals surface area contributed by atoms with E-state index in [0.717, 1.165) is 25.6 Å². The lowest BCUT2D eigenvalue weighted by Crippen LogP contribution is -2.43. The van der Waals surface area contributed by atoms with Crippen LogP contribution in [0, 0.1) is 11.8 Å². The van der Waals surface area contributed by atoms with Crippen molar-refractivity contribution >= 4 is 5.97 Å². The number of carbonyl (C=O) groups excluding carboxylic acids is 1. The maximum absolute atomic E-state index is 11.4. The minimum atomic E-state index is -0.363. The highest BCUT2D eigenvalue weighted by Gasteiger charge is 2.21. The molecule has 0 aromatic rings. The molecule has 1 aliphatic rings. The van der Waals surface area contributed by atoms with Crippen molar-refractivity contribution in [3.63, 3.8) is 0 Å². The second-order valence-corrected chi connectivity index (χ2v) is 6.28. The molecule has 0 radical (unpaired) electrons. The van der Waals surface area contributed by atoms with Gasteiger partial charge in [-0.15, -0.1) is 0 Å². The monoisotopic (exact) mass is 286 g/mol. The molecule has 0 aliphatic carbocycles. The molecule has 118 valence electrons. The summed E-state index contributed by atoms with van der Waals surface area (Å²) in [6, 6.07) is 0. The Balaban J connectivity index is 2.24. The first-order valence-corrected chi connectivity index (χ1v) is 7.59. The molecule has 5 heteroatoms. The quantitative estimate of drug-likeness (QED) is 0.702. The van der Waals surface area contributed by atoms with Crippen LogP contribution in [-0.2, 0) is 9.53 Å². The van der Waals surface area contributed by atoms with Gasteiger partial charge in [0.1, 0.15) is 0 Å². The summed E-state index contributed by atoms with van der Waals surface area (Å²) in [6.07, 6.45) is 2.09. The average Bonchev–Trinajstić information content (AvgIpc) is 2.40. The van der Waals surface area contributed by atoms with Gasteiger partial charge in [0.2, 0.25) is 0 Å². The molecule has 1 fully saturated rings. The van der Waals surface area contributed by atoms with Crippen LogP contribution in [0.15, 0.2) is 0 Å². The molecule has 1 rings (SSSR count). The Labute approximate surface area is 122 Å². The first-order valence-electron chi connectivity index (χ1n) is 7.59. The number of aliphatic hydroxyl groups is 1. The molecule has 2 atom stereocenters. The van der Waals surface area contributed by atoms with E-state index in [1.807, 2.05) is 18.9 Å². The number of β-amino-alcohol motifs (C(OH)–C–C–N with tert-alkyl or cyclic N) is 1. The van der Waals surface area contributed by atoms with Crippen molar-refractivity contribution in [2.75, 3.05) is 46.9 Å². The fourth-order valence-corrected chi connectivity index (χ4v) is 2.78. The van der Waals surface area contributed by atoms with Gasteiger partial charge in [-0.2, -0.15) is 0 Å². The highest BCUT2D eigenvalue weighted by molar-refractivity contribution is 5.72. The molecule has 20 heavy (non-hydrogen) atoms. The lowest BCUT2D eigenvalue weighted by Gasteiger charge is -2.32. The van der Waals surface area contributed by atoms with Crippen LogP contribution in [0.2, 0.25) is 0 Å². The number of likely N-dealkylation sites (tertiary alicyclic amines) is 1. The fraction of sp³-hybridized carbons (Fsp3) is 0.933. The number of carbonyl (C=O) groups is 1. The lowest BCUT2D eigenvalue weighted by molar-refractivity contribution is -0.145. The van der Waals surface area contributed by atoms with E-state index in [-0.39, 0.29) is 18.0 Å². The number of hydrogen-bond donors (Lipinski definition) is 1. The van der Waals surface area contributed by atoms with Crippen LogP contribution in [0.4, 0.5) is 0 Å². The topological polar surface area (TPSA) is 53.0 Å². The highest BCUT2D eigenvalue weighted by atomic mass is 16.5. The number of esters is 1. The molecular formula is C15H30N2O3. The predicted octanol–water partition coefficient (Wildman–Crippen LogP) is 0.820. The summed E-state index contributed by atoms with van der Waals surface area (Å²) in [7, 11) is 3.34. The van der Waals surface area contributed by atoms with E-state index < -0.39 is 0 Å². The Morgan fingerprint density at radius 2 is 2.00 bits per heavy atom. The fourth-order valence-electron chi connectivity index (χ4n) is 2.78. The minimum absolute atomic E-state index is 0.159. The molecule has 1 aliphatic heterocycles. The zero-order valence-corrected chi connectivity index (χ0v) is 13.3. The number of piperidine rings is 1. The van der Waals surface area contributed by atoms with Gasteiger partial charge in [0, 0.05) is 19.6 Å². The van der Waals surface area contributed by atoms with E-state index in [1.165, 1.54) is 20.0 Å². The van der Waals surface area contributed by atoms with Crippen LogP contribution in [0.5, 0.6) is 0 Å². The SMILES string of the molecule is COC(=O)C(C)CN(C)CC(O)CN1CCC(C)CC1. The van der Waals surface area contributed by atoms with Crippen LogP contribution in [0.3, 0.4) is 0 Å². The van der Waals surface area contributed by atoms with E-state index in [9.17, 15) is 9.90 Å². The molecule has 0 bridgehead atoms. The first-order chi connectivity index (χ1) is 9.42. The van der Waals surface area contributed by atoms with Crippen LogP contribution < -0.4 is 0 Å². The summed E-state index contributed by atoms with van der Waals surface area (Å²) in [5, 5.41) is 10.1. The highest BCUT2D eigenvalue weighted by Crippen LogP contribution is 2.16. The van der Waals surface area contributed by atoms with Gasteiger partial charge in [0.05, 0.1) is 19.1 Å². The summed E-state index contributed by atoms with van der Waals surface area (Å²) in [5.41, 5.74) is 0. The van der Waals surface area contributed by atoms with Crippen molar-refractivity contribution in [3.8, 4) is 0 Å². The smallest absolute Gasteiger partial charge is 0.309 e. The Bertz CT molecular complexity index is 291. The van der Waals surface area contributed by atoms with Gasteiger partial charge in [-0.3, -0.25) is 4.79 Å². The third-order valence-electron chi connectivity index (χ3n) is 4.06. The van der Waals surface area contributed by atoms with Crippen molar-refractivity contribution < 1.29 is 14.6 Å². The Kier molecular flexibility index (Phi) is 7.48. The predicted molar refractivity (Wildman–Crippen MR) is 79.5 cm³/mol. The van der Waals surface area contributed by atoms with E-state index in [4.69, 9.17) is 4.74 Å². The molecule has 0 amide bonds. The molecule has 5 nitrogen and oxygen atoms in total. The average molecular weight is 286 g/mol. The van der Waals surface area contributed by atoms with Gasteiger partial charge >= 0.3 is 5.97 Å². The van der Waals surface area contributed by atoms with Crippen molar-refractivity contribution in [2.45, 2.75) is 32.8 Å². The zero-order valence-electron chi connectivity index (χ0n) is 13.3. The van der Waals surface area contributed by atoms with E-state index in [2.05, 4.69) is 11.8 Å². The number of likely N-dealkylation sites (N-methyl/N-ethyl adjacent to an activating group) is 1. The van der Waals surface area contributed by atoms with Gasteiger partial charge < -0.3 is 19.6 Å². The van der Waals surface area contributed by atoms with Crippen LogP contribution in [-0.4, -0.2) is 73.9 Å². The summed E-state index contributed by atoms with van der Waals surface area (Å²) >= 11 is 0. The van der Waals surface area contributed by atoms with Crippen LogP contribution >= 0.6 is 0 Å². The van der Waals surface area contributed by atoms with E-state index >= 15 is 0 Å². The van der Waals surface area contributed by atoms with Crippen LogP contribution in [0.1, 0.15) is 26.7 Å². The lowest BCUT2D eigenvalue weighted by atomic mass is 9.99. The molecular weight excluding hydrogens is 256 g/mol. The largest absolute Gasteiger partial charge is 0.469 e. The molecule has 1 N–H and O–H groups in total. The van der Waals surface area contributed by atoms with Crippen molar-refractivity contribution in [3.05, 3.63) is 0 Å². The molecule has 0 aromatic heterocycles. The van der Waals surface area contributed by atoms with Crippen molar-refractivity contribution in [1.82, 2.24) is 9.80 Å². The van der Waals surface area contributed by atoms with Gasteiger partial charge in [0.25, 0.3) is 0 Å².